The molecule has 0 N–H and O–H groups in total. The molecule has 0 saturated heterocycles. The van der Waals surface area contributed by atoms with Gasteiger partial charge in [0.1, 0.15) is 0 Å². The Morgan fingerprint density at radius 1 is 0.600 bits per heavy atom. The number of fused-ring (bicyclic) bond motifs is 5. The van der Waals surface area contributed by atoms with Crippen LogP contribution >= 0.6 is 0 Å². The van der Waals surface area contributed by atoms with E-state index in [1.165, 1.54) is 43.1 Å². The van der Waals surface area contributed by atoms with Gasteiger partial charge in [-0.15, -0.1) is 0 Å². The van der Waals surface area contributed by atoms with Gasteiger partial charge in [-0.05, 0) is 90.6 Å². The minimum absolute atomic E-state index is 0.240. The molecular weight excluding hydrogens is 613 g/mol. The highest BCUT2D eigenvalue weighted by atomic mass is 15.0. The van der Waals surface area contributed by atoms with E-state index in [2.05, 4.69) is 90.4 Å². The fourth-order valence-electron chi connectivity index (χ4n) is 8.76. The zero-order valence-corrected chi connectivity index (χ0v) is 27.8. The van der Waals surface area contributed by atoms with E-state index in [0.29, 0.717) is 28.6 Å². The Bertz CT molecular complexity index is 2440. The average Bonchev–Trinajstić information content (AvgIpc) is 3.70. The van der Waals surface area contributed by atoms with Gasteiger partial charge >= 0.3 is 0 Å². The average molecular weight is 647 g/mol. The first-order valence-corrected chi connectivity index (χ1v) is 17.4. The molecular formula is C44H34N6. The monoisotopic (exact) mass is 646 g/mol. The number of hydrogen-bond acceptors (Lipinski definition) is 5. The summed E-state index contributed by atoms with van der Waals surface area (Å²) in [5, 5.41) is 21.5. The van der Waals surface area contributed by atoms with Crippen LogP contribution < -0.4 is 0 Å². The molecule has 2 saturated carbocycles. The second-order valence-corrected chi connectivity index (χ2v) is 14.3. The van der Waals surface area contributed by atoms with E-state index in [4.69, 9.17) is 15.0 Å². The van der Waals surface area contributed by atoms with E-state index < -0.39 is 0 Å². The van der Waals surface area contributed by atoms with Crippen LogP contribution in [0.1, 0.15) is 55.7 Å². The Hall–Kier alpha value is -6.11. The van der Waals surface area contributed by atoms with Crippen molar-refractivity contribution in [2.45, 2.75) is 44.4 Å². The summed E-state index contributed by atoms with van der Waals surface area (Å²) >= 11 is 0. The smallest absolute Gasteiger partial charge is 0.164 e. The fraction of sp³-hybridized carbons (Fsp3) is 0.205. The molecule has 2 aliphatic carbocycles. The van der Waals surface area contributed by atoms with Crippen molar-refractivity contribution >= 4 is 21.8 Å². The van der Waals surface area contributed by atoms with Crippen LogP contribution in [0.3, 0.4) is 0 Å². The van der Waals surface area contributed by atoms with Crippen LogP contribution in [-0.4, -0.2) is 19.5 Å². The Balaban J connectivity index is 1.19. The zero-order valence-electron chi connectivity index (χ0n) is 27.8. The van der Waals surface area contributed by atoms with Crippen molar-refractivity contribution in [3.63, 3.8) is 0 Å². The Morgan fingerprint density at radius 3 is 1.76 bits per heavy atom. The molecule has 6 nitrogen and oxygen atoms in total. The molecule has 0 amide bonds. The SMILES string of the molecule is CC1(c2ccc(-n3c4ccccc4c4ccc(-c5nc(-c6cccc(C#N)c6)nc(-c6cccc(C#N)c6)n5)cc43)cc2)CC2CC[C@H](C2)C1. The van der Waals surface area contributed by atoms with Crippen LogP contribution in [0.2, 0.25) is 0 Å². The van der Waals surface area contributed by atoms with Crippen molar-refractivity contribution in [3.05, 3.63) is 132 Å². The van der Waals surface area contributed by atoms with Gasteiger partial charge in [-0.3, -0.25) is 0 Å². The maximum atomic E-state index is 9.59. The molecule has 2 aliphatic rings. The van der Waals surface area contributed by atoms with Crippen LogP contribution in [-0.2, 0) is 5.41 Å². The first-order chi connectivity index (χ1) is 24.5. The quantitative estimate of drug-likeness (QED) is 0.186. The van der Waals surface area contributed by atoms with Crippen LogP contribution in [0.25, 0.3) is 61.7 Å². The predicted molar refractivity (Wildman–Crippen MR) is 197 cm³/mol. The lowest BCUT2D eigenvalue weighted by Gasteiger charge is -2.38. The van der Waals surface area contributed by atoms with E-state index in [1.54, 1.807) is 24.3 Å². The molecule has 0 spiro atoms. The molecule has 0 radical (unpaired) electrons. The van der Waals surface area contributed by atoms with Gasteiger partial charge in [-0.25, -0.2) is 15.0 Å². The summed E-state index contributed by atoms with van der Waals surface area (Å²) in [6.07, 6.45) is 6.79. The van der Waals surface area contributed by atoms with Gasteiger partial charge in [0.15, 0.2) is 17.5 Å². The number of hydrogen-bond donors (Lipinski definition) is 0. The third kappa shape index (κ3) is 5.13. The lowest BCUT2D eigenvalue weighted by atomic mass is 9.66. The van der Waals surface area contributed by atoms with Gasteiger partial charge in [0.25, 0.3) is 0 Å². The Labute approximate surface area is 291 Å². The molecule has 9 rings (SSSR count). The molecule has 2 bridgehead atoms. The highest BCUT2D eigenvalue weighted by Gasteiger charge is 2.41. The Morgan fingerprint density at radius 2 is 1.16 bits per heavy atom. The Kier molecular flexibility index (Phi) is 7.07. The van der Waals surface area contributed by atoms with Crippen molar-refractivity contribution in [1.82, 2.24) is 19.5 Å². The van der Waals surface area contributed by atoms with E-state index >= 15 is 0 Å². The van der Waals surface area contributed by atoms with E-state index in [9.17, 15) is 10.5 Å². The van der Waals surface area contributed by atoms with E-state index in [-0.39, 0.29) is 5.41 Å². The van der Waals surface area contributed by atoms with Gasteiger partial charge < -0.3 is 4.57 Å². The van der Waals surface area contributed by atoms with Crippen molar-refractivity contribution in [2.75, 3.05) is 0 Å². The number of para-hydroxylation sites is 1. The second kappa shape index (κ2) is 11.8. The standard InChI is InChI=1S/C44H34N6/c1-44(24-28-12-13-29(20-28)25-44)35-15-17-36(18-16-35)50-39-11-3-2-10-37(39)38-19-14-34(23-40(38)50)43-48-41(32-8-4-6-30(21-32)26-45)47-42(49-43)33-9-5-7-31(22-33)27-46/h2-11,14-19,21-23,28-29H,12-13,20,24-25H2,1H3/t28-,29?,44?/m1/s1. The molecule has 240 valence electrons. The normalized spacial score (nSPS) is 19.7. The molecule has 6 heteroatoms. The van der Waals surface area contributed by atoms with Crippen LogP contribution in [0.4, 0.5) is 0 Å². The van der Waals surface area contributed by atoms with Crippen molar-refractivity contribution < 1.29 is 0 Å². The molecule has 2 aromatic heterocycles. The number of rotatable bonds is 5. The molecule has 50 heavy (non-hydrogen) atoms. The van der Waals surface area contributed by atoms with Gasteiger partial charge in [-0.2, -0.15) is 10.5 Å². The van der Waals surface area contributed by atoms with Gasteiger partial charge in [0.2, 0.25) is 0 Å². The molecule has 2 unspecified atom stereocenters. The first kappa shape index (κ1) is 30.0. The minimum atomic E-state index is 0.240. The van der Waals surface area contributed by atoms with Gasteiger partial charge in [0.05, 0.1) is 34.3 Å². The summed E-state index contributed by atoms with van der Waals surface area (Å²) in [6, 6.07) is 43.3. The summed E-state index contributed by atoms with van der Waals surface area (Å²) in [5.74, 6) is 3.19. The summed E-state index contributed by atoms with van der Waals surface area (Å²) in [6.45, 7) is 2.48. The molecule has 7 aromatic rings. The predicted octanol–water partition coefficient (Wildman–Crippen LogP) is 10.2. The third-order valence-corrected chi connectivity index (χ3v) is 11.0. The first-order valence-electron chi connectivity index (χ1n) is 17.4. The number of nitriles is 2. The highest BCUT2D eigenvalue weighted by Crippen LogP contribution is 2.51. The van der Waals surface area contributed by atoms with Crippen molar-refractivity contribution in [2.24, 2.45) is 11.8 Å². The van der Waals surface area contributed by atoms with E-state index in [0.717, 1.165) is 50.6 Å². The van der Waals surface area contributed by atoms with Crippen molar-refractivity contribution in [1.29, 1.82) is 10.5 Å². The van der Waals surface area contributed by atoms with Gasteiger partial charge in [0, 0.05) is 33.2 Å². The maximum Gasteiger partial charge on any atom is 0.164 e. The second-order valence-electron chi connectivity index (χ2n) is 14.3. The largest absolute Gasteiger partial charge is 0.309 e. The van der Waals surface area contributed by atoms with Crippen LogP contribution in [0.15, 0.2) is 115 Å². The molecule has 2 fully saturated rings. The fourth-order valence-corrected chi connectivity index (χ4v) is 8.76. The third-order valence-electron chi connectivity index (χ3n) is 11.0. The van der Waals surface area contributed by atoms with E-state index in [1.807, 2.05) is 24.3 Å². The highest BCUT2D eigenvalue weighted by molar-refractivity contribution is 6.10. The molecule has 0 aliphatic heterocycles. The molecule has 5 aromatic carbocycles. The van der Waals surface area contributed by atoms with Crippen LogP contribution in [0, 0.1) is 34.5 Å². The minimum Gasteiger partial charge on any atom is -0.309 e. The molecule has 3 atom stereocenters. The van der Waals surface area contributed by atoms with Crippen molar-refractivity contribution in [3.8, 4) is 52.0 Å². The topological polar surface area (TPSA) is 91.2 Å². The molecule has 2 heterocycles. The van der Waals surface area contributed by atoms with Crippen LogP contribution in [0.5, 0.6) is 0 Å². The summed E-state index contributed by atoms with van der Waals surface area (Å²) < 4.78 is 2.35. The lowest BCUT2D eigenvalue weighted by Crippen LogP contribution is -2.30. The zero-order chi connectivity index (χ0) is 33.8. The number of nitrogens with zero attached hydrogens (tertiary/aromatic N) is 6. The maximum absolute atomic E-state index is 9.59. The summed E-state index contributed by atoms with van der Waals surface area (Å²) in [4.78, 5) is 14.8. The lowest BCUT2D eigenvalue weighted by molar-refractivity contribution is 0.232. The number of aromatic nitrogens is 4. The van der Waals surface area contributed by atoms with Gasteiger partial charge in [-0.1, -0.05) is 86.5 Å². The number of benzene rings is 5. The summed E-state index contributed by atoms with van der Waals surface area (Å²) in [7, 11) is 0. The summed E-state index contributed by atoms with van der Waals surface area (Å²) in [5.41, 5.74) is 8.38.